The second-order valence-corrected chi connectivity index (χ2v) is 7.66. The fourth-order valence-corrected chi connectivity index (χ4v) is 4.83. The first-order chi connectivity index (χ1) is 11.6. The Balaban J connectivity index is 1.88. The Kier molecular flexibility index (Phi) is 4.42. The Bertz CT molecular complexity index is 782. The Morgan fingerprint density at radius 3 is 2.58 bits per heavy atom. The van der Waals surface area contributed by atoms with E-state index >= 15 is 0 Å². The highest BCUT2D eigenvalue weighted by atomic mass is 35.5. The zero-order valence-electron chi connectivity index (χ0n) is 13.3. The summed E-state index contributed by atoms with van der Waals surface area (Å²) >= 11 is 18.9. The molecule has 0 amide bonds. The lowest BCUT2D eigenvalue weighted by Crippen LogP contribution is -2.37. The molecule has 2 heterocycles. The first-order valence-corrected chi connectivity index (χ1v) is 9.41. The zero-order chi connectivity index (χ0) is 16.8. The van der Waals surface area contributed by atoms with Gasteiger partial charge < -0.3 is 10.1 Å². The van der Waals surface area contributed by atoms with E-state index in [9.17, 15) is 0 Å². The van der Waals surface area contributed by atoms with Crippen LogP contribution in [0.25, 0.3) is 11.1 Å². The summed E-state index contributed by atoms with van der Waals surface area (Å²) in [7, 11) is 0. The van der Waals surface area contributed by atoms with Gasteiger partial charge in [-0.05, 0) is 54.8 Å². The molecular formula is C19H18Cl3NO. The molecule has 2 aromatic rings. The van der Waals surface area contributed by atoms with Gasteiger partial charge in [-0.3, -0.25) is 0 Å². The lowest BCUT2D eigenvalue weighted by Gasteiger charge is -2.25. The minimum Gasteiger partial charge on any atom is -0.489 e. The van der Waals surface area contributed by atoms with Crippen LogP contribution >= 0.6 is 34.8 Å². The van der Waals surface area contributed by atoms with Gasteiger partial charge in [0.05, 0.1) is 10.0 Å². The molecule has 0 radical (unpaired) electrons. The largest absolute Gasteiger partial charge is 0.489 e. The topological polar surface area (TPSA) is 21.3 Å². The molecule has 2 aliphatic rings. The molecule has 2 aliphatic heterocycles. The summed E-state index contributed by atoms with van der Waals surface area (Å²) in [6.45, 7) is 4.11. The number of benzene rings is 2. The molecule has 1 N–H and O–H groups in total. The van der Waals surface area contributed by atoms with E-state index in [0.717, 1.165) is 42.8 Å². The Morgan fingerprint density at radius 2 is 1.88 bits per heavy atom. The van der Waals surface area contributed by atoms with Gasteiger partial charge in [-0.2, -0.15) is 0 Å². The van der Waals surface area contributed by atoms with E-state index in [0.29, 0.717) is 21.0 Å². The summed E-state index contributed by atoms with van der Waals surface area (Å²) in [6.07, 6.45) is 2.23. The van der Waals surface area contributed by atoms with Crippen LogP contribution in [-0.2, 0) is 6.42 Å². The van der Waals surface area contributed by atoms with Gasteiger partial charge in [0.2, 0.25) is 0 Å². The number of halogens is 3. The van der Waals surface area contributed by atoms with Crippen LogP contribution in [0.1, 0.15) is 30.4 Å². The van der Waals surface area contributed by atoms with Crippen LogP contribution in [-0.4, -0.2) is 19.2 Å². The minimum atomic E-state index is 0.276. The van der Waals surface area contributed by atoms with Gasteiger partial charge in [-0.15, -0.1) is 0 Å². The molecule has 1 fully saturated rings. The van der Waals surface area contributed by atoms with Crippen LogP contribution in [0.15, 0.2) is 24.3 Å². The maximum atomic E-state index is 6.44. The number of nitrogens with one attached hydrogen (secondary N) is 1. The van der Waals surface area contributed by atoms with E-state index in [2.05, 4.69) is 24.4 Å². The van der Waals surface area contributed by atoms with Crippen LogP contribution < -0.4 is 10.1 Å². The average molecular weight is 383 g/mol. The van der Waals surface area contributed by atoms with Gasteiger partial charge in [0.25, 0.3) is 0 Å². The van der Waals surface area contributed by atoms with E-state index in [4.69, 9.17) is 39.5 Å². The summed E-state index contributed by atoms with van der Waals surface area (Å²) < 4.78 is 6.28. The predicted octanol–water partition coefficient (Wildman–Crippen LogP) is 5.71. The van der Waals surface area contributed by atoms with Crippen molar-refractivity contribution < 1.29 is 4.74 Å². The first kappa shape index (κ1) is 16.5. The van der Waals surface area contributed by atoms with E-state index in [-0.39, 0.29) is 6.10 Å². The molecule has 0 aliphatic carbocycles. The molecule has 5 heteroatoms. The molecule has 0 spiro atoms. The molecule has 2 aromatic carbocycles. The highest BCUT2D eigenvalue weighted by Crippen LogP contribution is 2.47. The highest BCUT2D eigenvalue weighted by Gasteiger charge is 2.37. The van der Waals surface area contributed by atoms with Gasteiger partial charge in [0.1, 0.15) is 11.9 Å². The number of rotatable bonds is 2. The van der Waals surface area contributed by atoms with Crippen molar-refractivity contribution in [3.05, 3.63) is 50.5 Å². The monoisotopic (exact) mass is 381 g/mol. The SMILES string of the molecule is CCc1cc(-c2c(Cl)cc(Cl)cc2Cl)cc2c1O[C@H]1CCNC[C@@H]21. The zero-order valence-corrected chi connectivity index (χ0v) is 15.6. The van der Waals surface area contributed by atoms with Crippen molar-refractivity contribution in [3.8, 4) is 16.9 Å². The van der Waals surface area contributed by atoms with Gasteiger partial charge >= 0.3 is 0 Å². The molecule has 0 unspecified atom stereocenters. The molecule has 2 atom stereocenters. The number of fused-ring (bicyclic) bond motifs is 3. The number of hydrogen-bond acceptors (Lipinski definition) is 2. The molecule has 0 aromatic heterocycles. The standard InChI is InChI=1S/C19H18Cl3NO/c1-2-10-5-11(18-15(21)7-12(20)8-16(18)22)6-13-14-9-23-4-3-17(14)24-19(10)13/h5-8,14,17,23H,2-4,9H2,1H3/t14-,17-/m0/s1. The van der Waals surface area contributed by atoms with Crippen LogP contribution in [0, 0.1) is 0 Å². The summed E-state index contributed by atoms with van der Waals surface area (Å²) in [6, 6.07) is 7.81. The van der Waals surface area contributed by atoms with E-state index in [1.165, 1.54) is 11.1 Å². The molecule has 2 nitrogen and oxygen atoms in total. The predicted molar refractivity (Wildman–Crippen MR) is 101 cm³/mol. The smallest absolute Gasteiger partial charge is 0.126 e. The van der Waals surface area contributed by atoms with E-state index in [1.807, 2.05) is 0 Å². The summed E-state index contributed by atoms with van der Waals surface area (Å²) in [5.74, 6) is 1.45. The molecule has 24 heavy (non-hydrogen) atoms. The van der Waals surface area contributed by atoms with Crippen molar-refractivity contribution >= 4 is 34.8 Å². The number of ether oxygens (including phenoxy) is 1. The maximum absolute atomic E-state index is 6.44. The third-order valence-electron chi connectivity index (χ3n) is 4.96. The van der Waals surface area contributed by atoms with E-state index < -0.39 is 0 Å². The third kappa shape index (κ3) is 2.70. The molecule has 4 rings (SSSR count). The third-order valence-corrected chi connectivity index (χ3v) is 5.77. The van der Waals surface area contributed by atoms with Crippen molar-refractivity contribution in [1.82, 2.24) is 5.32 Å². The summed E-state index contributed by atoms with van der Waals surface area (Å²) in [4.78, 5) is 0. The molecular weight excluding hydrogens is 365 g/mol. The van der Waals surface area contributed by atoms with Gasteiger partial charge in [0.15, 0.2) is 0 Å². The first-order valence-electron chi connectivity index (χ1n) is 8.27. The number of hydrogen-bond donors (Lipinski definition) is 1. The molecule has 0 saturated carbocycles. The van der Waals surface area contributed by atoms with Crippen molar-refractivity contribution in [2.45, 2.75) is 31.8 Å². The normalized spacial score (nSPS) is 22.0. The van der Waals surface area contributed by atoms with Crippen LogP contribution in [0.4, 0.5) is 0 Å². The van der Waals surface area contributed by atoms with E-state index in [1.54, 1.807) is 12.1 Å². The van der Waals surface area contributed by atoms with Crippen LogP contribution in [0.2, 0.25) is 15.1 Å². The quantitative estimate of drug-likeness (QED) is 0.718. The second-order valence-electron chi connectivity index (χ2n) is 6.41. The van der Waals surface area contributed by atoms with Crippen LogP contribution in [0.3, 0.4) is 0 Å². The number of piperidine rings is 1. The Hall–Kier alpha value is -0.930. The molecule has 0 bridgehead atoms. The van der Waals surface area contributed by atoms with Crippen molar-refractivity contribution in [2.75, 3.05) is 13.1 Å². The minimum absolute atomic E-state index is 0.276. The second kappa shape index (κ2) is 6.42. The van der Waals surface area contributed by atoms with Crippen molar-refractivity contribution in [3.63, 3.8) is 0 Å². The lowest BCUT2D eigenvalue weighted by molar-refractivity contribution is 0.171. The summed E-state index contributed by atoms with van der Waals surface area (Å²) in [5.41, 5.74) is 4.35. The van der Waals surface area contributed by atoms with Gasteiger partial charge in [-0.25, -0.2) is 0 Å². The average Bonchev–Trinajstić information content (AvgIpc) is 2.92. The summed E-state index contributed by atoms with van der Waals surface area (Å²) in [5, 5.41) is 5.17. The lowest BCUT2D eigenvalue weighted by atomic mass is 9.87. The Labute approximate surface area is 157 Å². The molecule has 126 valence electrons. The molecule has 1 saturated heterocycles. The fourth-order valence-electron chi connectivity index (χ4n) is 3.79. The Morgan fingerprint density at radius 1 is 1.12 bits per heavy atom. The van der Waals surface area contributed by atoms with Crippen LogP contribution in [0.5, 0.6) is 5.75 Å². The highest BCUT2D eigenvalue weighted by molar-refractivity contribution is 6.41. The van der Waals surface area contributed by atoms with Crippen molar-refractivity contribution in [2.24, 2.45) is 0 Å². The van der Waals surface area contributed by atoms with Crippen molar-refractivity contribution in [1.29, 1.82) is 0 Å². The van der Waals surface area contributed by atoms with Gasteiger partial charge in [0, 0.05) is 28.6 Å². The van der Waals surface area contributed by atoms with Gasteiger partial charge in [-0.1, -0.05) is 41.7 Å². The maximum Gasteiger partial charge on any atom is 0.126 e. The fraction of sp³-hybridized carbons (Fsp3) is 0.368. The number of aryl methyl sites for hydroxylation is 1.